The number of ether oxygens (including phenoxy) is 3. The third-order valence-corrected chi connectivity index (χ3v) is 5.81. The SMILES string of the molecule is COC(=O)C1=C(C[NH+]2C[C@H](C)C[C@H](C)C2)NC(=O)N[C@H]1c1ccc(OC)c(OC)c1. The normalized spacial score (nSPS) is 26.5. The van der Waals surface area contributed by atoms with E-state index in [1.807, 2.05) is 6.07 Å². The van der Waals surface area contributed by atoms with Crippen LogP contribution in [-0.4, -0.2) is 53.0 Å². The van der Waals surface area contributed by atoms with Gasteiger partial charge in [0, 0.05) is 11.8 Å². The Morgan fingerprint density at radius 1 is 1.10 bits per heavy atom. The molecule has 1 aromatic rings. The maximum absolute atomic E-state index is 12.8. The summed E-state index contributed by atoms with van der Waals surface area (Å²) in [5.41, 5.74) is 1.75. The van der Waals surface area contributed by atoms with Crippen LogP contribution >= 0.6 is 0 Å². The van der Waals surface area contributed by atoms with E-state index in [4.69, 9.17) is 14.2 Å². The minimum Gasteiger partial charge on any atom is -0.493 e. The molecule has 3 rings (SSSR count). The van der Waals surface area contributed by atoms with Gasteiger partial charge < -0.3 is 29.7 Å². The second kappa shape index (κ2) is 9.38. The quantitative estimate of drug-likeness (QED) is 0.601. The van der Waals surface area contributed by atoms with Crippen molar-refractivity contribution in [3.63, 3.8) is 0 Å². The number of hydrogen-bond donors (Lipinski definition) is 3. The smallest absolute Gasteiger partial charge is 0.338 e. The van der Waals surface area contributed by atoms with E-state index in [0.29, 0.717) is 41.1 Å². The van der Waals surface area contributed by atoms with Crippen molar-refractivity contribution in [2.45, 2.75) is 26.3 Å². The monoisotopic (exact) mass is 418 g/mol. The number of likely N-dealkylation sites (tertiary alicyclic amines) is 1. The lowest BCUT2D eigenvalue weighted by Crippen LogP contribution is -3.14. The van der Waals surface area contributed by atoms with Crippen molar-refractivity contribution in [2.24, 2.45) is 11.8 Å². The van der Waals surface area contributed by atoms with Gasteiger partial charge in [-0.15, -0.1) is 0 Å². The van der Waals surface area contributed by atoms with Gasteiger partial charge >= 0.3 is 12.0 Å². The number of carbonyl (C=O) groups is 2. The molecule has 0 aliphatic carbocycles. The Morgan fingerprint density at radius 3 is 2.37 bits per heavy atom. The summed E-state index contributed by atoms with van der Waals surface area (Å²) in [6, 6.07) is 4.37. The van der Waals surface area contributed by atoms with Crippen molar-refractivity contribution < 1.29 is 28.7 Å². The van der Waals surface area contributed by atoms with Gasteiger partial charge in [0.15, 0.2) is 11.5 Å². The number of hydrogen-bond acceptors (Lipinski definition) is 5. The summed E-state index contributed by atoms with van der Waals surface area (Å²) in [4.78, 5) is 26.6. The van der Waals surface area contributed by atoms with Crippen LogP contribution in [0.4, 0.5) is 4.79 Å². The van der Waals surface area contributed by atoms with Crippen LogP contribution in [-0.2, 0) is 9.53 Å². The third kappa shape index (κ3) is 4.70. The van der Waals surface area contributed by atoms with E-state index >= 15 is 0 Å². The molecular weight excluding hydrogens is 386 g/mol. The molecule has 2 amide bonds. The molecule has 4 atom stereocenters. The van der Waals surface area contributed by atoms with Gasteiger partial charge in [0.05, 0.1) is 51.7 Å². The molecule has 3 N–H and O–H groups in total. The number of urea groups is 1. The molecule has 1 aromatic carbocycles. The van der Waals surface area contributed by atoms with Crippen LogP contribution in [0.25, 0.3) is 0 Å². The molecule has 1 saturated heterocycles. The molecular formula is C22H32N3O5+. The zero-order valence-corrected chi connectivity index (χ0v) is 18.3. The molecule has 0 aromatic heterocycles. The van der Waals surface area contributed by atoms with Crippen molar-refractivity contribution in [1.82, 2.24) is 10.6 Å². The van der Waals surface area contributed by atoms with Gasteiger partial charge in [0.2, 0.25) is 0 Å². The van der Waals surface area contributed by atoms with Crippen molar-refractivity contribution in [2.75, 3.05) is 41.0 Å². The van der Waals surface area contributed by atoms with Crippen LogP contribution in [0.1, 0.15) is 31.9 Å². The van der Waals surface area contributed by atoms with Crippen molar-refractivity contribution in [3.8, 4) is 11.5 Å². The van der Waals surface area contributed by atoms with Crippen LogP contribution in [0.5, 0.6) is 11.5 Å². The van der Waals surface area contributed by atoms with E-state index in [2.05, 4.69) is 24.5 Å². The molecule has 0 saturated carbocycles. The minimum atomic E-state index is -0.639. The first-order chi connectivity index (χ1) is 14.4. The number of piperidine rings is 1. The highest BCUT2D eigenvalue weighted by atomic mass is 16.5. The summed E-state index contributed by atoms with van der Waals surface area (Å²) in [6.45, 7) is 7.08. The van der Waals surface area contributed by atoms with E-state index in [0.717, 1.165) is 18.7 Å². The van der Waals surface area contributed by atoms with Gasteiger partial charge in [-0.2, -0.15) is 0 Å². The van der Waals surface area contributed by atoms with Gasteiger partial charge in [-0.1, -0.05) is 19.9 Å². The third-order valence-electron chi connectivity index (χ3n) is 5.81. The predicted octanol–water partition coefficient (Wildman–Crippen LogP) is 1.05. The van der Waals surface area contributed by atoms with Gasteiger partial charge in [-0.05, 0) is 24.1 Å². The summed E-state index contributed by atoms with van der Waals surface area (Å²) >= 11 is 0. The van der Waals surface area contributed by atoms with Crippen molar-refractivity contribution >= 4 is 12.0 Å². The molecule has 164 valence electrons. The fraction of sp³-hybridized carbons (Fsp3) is 0.545. The van der Waals surface area contributed by atoms with Gasteiger partial charge in [0.1, 0.15) is 6.54 Å². The predicted molar refractivity (Wildman–Crippen MR) is 112 cm³/mol. The summed E-state index contributed by atoms with van der Waals surface area (Å²) in [6.07, 6.45) is 1.20. The van der Waals surface area contributed by atoms with Crippen molar-refractivity contribution in [1.29, 1.82) is 0 Å². The van der Waals surface area contributed by atoms with Crippen LogP contribution in [0.2, 0.25) is 0 Å². The Bertz CT molecular complexity index is 828. The molecule has 8 nitrogen and oxygen atoms in total. The Kier molecular flexibility index (Phi) is 6.87. The first-order valence-corrected chi connectivity index (χ1v) is 10.3. The molecule has 30 heavy (non-hydrogen) atoms. The molecule has 1 unspecified atom stereocenters. The highest BCUT2D eigenvalue weighted by Gasteiger charge is 2.36. The summed E-state index contributed by atoms with van der Waals surface area (Å²) in [7, 11) is 4.46. The van der Waals surface area contributed by atoms with E-state index < -0.39 is 12.0 Å². The maximum atomic E-state index is 12.8. The summed E-state index contributed by atoms with van der Waals surface area (Å²) < 4.78 is 15.8. The van der Waals surface area contributed by atoms with Gasteiger partial charge in [-0.25, -0.2) is 9.59 Å². The maximum Gasteiger partial charge on any atom is 0.338 e. The lowest BCUT2D eigenvalue weighted by molar-refractivity contribution is -0.907. The van der Waals surface area contributed by atoms with Crippen LogP contribution in [0.15, 0.2) is 29.5 Å². The van der Waals surface area contributed by atoms with Crippen LogP contribution in [0, 0.1) is 11.8 Å². The largest absolute Gasteiger partial charge is 0.493 e. The minimum absolute atomic E-state index is 0.338. The summed E-state index contributed by atoms with van der Waals surface area (Å²) in [5, 5.41) is 5.72. The molecule has 2 heterocycles. The Hall–Kier alpha value is -2.74. The Morgan fingerprint density at radius 2 is 1.77 bits per heavy atom. The number of methoxy groups -OCH3 is 3. The molecule has 1 fully saturated rings. The fourth-order valence-corrected chi connectivity index (χ4v) is 4.71. The first-order valence-electron chi connectivity index (χ1n) is 10.3. The van der Waals surface area contributed by atoms with Gasteiger partial charge in [0.25, 0.3) is 0 Å². The van der Waals surface area contributed by atoms with Crippen LogP contribution in [0.3, 0.4) is 0 Å². The second-order valence-corrected chi connectivity index (χ2v) is 8.31. The molecule has 2 aliphatic rings. The molecule has 2 aliphatic heterocycles. The summed E-state index contributed by atoms with van der Waals surface area (Å²) in [5.74, 6) is 1.84. The fourth-order valence-electron chi connectivity index (χ4n) is 4.71. The average molecular weight is 419 g/mol. The lowest BCUT2D eigenvalue weighted by atomic mass is 9.91. The van der Waals surface area contributed by atoms with E-state index in [1.54, 1.807) is 26.4 Å². The van der Waals surface area contributed by atoms with E-state index in [-0.39, 0.29) is 6.03 Å². The topological polar surface area (TPSA) is 90.3 Å². The zero-order chi connectivity index (χ0) is 21.8. The molecule has 0 radical (unpaired) electrons. The number of rotatable bonds is 6. The second-order valence-electron chi connectivity index (χ2n) is 8.31. The Labute approximate surface area is 177 Å². The van der Waals surface area contributed by atoms with Gasteiger partial charge in [-0.3, -0.25) is 0 Å². The number of benzene rings is 1. The molecule has 0 bridgehead atoms. The average Bonchev–Trinajstić information content (AvgIpc) is 2.71. The molecule has 0 spiro atoms. The Balaban J connectivity index is 2.00. The first kappa shape index (κ1) is 22.0. The lowest BCUT2D eigenvalue weighted by Gasteiger charge is -2.35. The molecule has 8 heteroatoms. The highest BCUT2D eigenvalue weighted by molar-refractivity contribution is 5.95. The number of amides is 2. The number of quaternary nitrogens is 1. The highest BCUT2D eigenvalue weighted by Crippen LogP contribution is 2.34. The standard InChI is InChI=1S/C22H31N3O5/c1-13-8-14(2)11-25(10-13)12-16-19(21(26)30-5)20(24-22(27)23-16)15-6-7-17(28-3)18(9-15)29-4/h6-7,9,13-14,20H,8,10-12H2,1-5H3,(H2,23,24,27)/p+1/t13-,14+,20-/m0/s1. The zero-order valence-electron chi connectivity index (χ0n) is 18.3. The van der Waals surface area contributed by atoms with Crippen LogP contribution < -0.4 is 25.0 Å². The number of esters is 1. The van der Waals surface area contributed by atoms with E-state index in [1.165, 1.54) is 18.4 Å². The van der Waals surface area contributed by atoms with Crippen molar-refractivity contribution in [3.05, 3.63) is 35.0 Å². The number of carbonyl (C=O) groups excluding carboxylic acids is 2. The van der Waals surface area contributed by atoms with E-state index in [9.17, 15) is 9.59 Å². The number of nitrogens with one attached hydrogen (secondary N) is 3.